The highest BCUT2D eigenvalue weighted by atomic mass is 16.4. The van der Waals surface area contributed by atoms with Gasteiger partial charge in [0.1, 0.15) is 0 Å². The van der Waals surface area contributed by atoms with Crippen LogP contribution >= 0.6 is 0 Å². The zero-order valence-corrected chi connectivity index (χ0v) is 10.3. The van der Waals surface area contributed by atoms with Crippen molar-refractivity contribution >= 4 is 17.8 Å². The first-order valence-electron chi connectivity index (χ1n) is 5.97. The van der Waals surface area contributed by atoms with Crippen LogP contribution in [0, 0.1) is 11.8 Å². The topological polar surface area (TPSA) is 74.7 Å². The number of nitrogens with zero attached hydrogens (tertiary/aromatic N) is 1. The monoisotopic (exact) mass is 241 g/mol. The van der Waals surface area contributed by atoms with Gasteiger partial charge in [-0.05, 0) is 18.8 Å². The van der Waals surface area contributed by atoms with E-state index in [9.17, 15) is 14.4 Å². The summed E-state index contributed by atoms with van der Waals surface area (Å²) in [6.07, 6.45) is 1.71. The molecule has 1 saturated heterocycles. The number of aliphatic carboxylic acids is 1. The van der Waals surface area contributed by atoms with Gasteiger partial charge >= 0.3 is 5.97 Å². The van der Waals surface area contributed by atoms with Crippen molar-refractivity contribution in [1.82, 2.24) is 4.90 Å². The van der Waals surface area contributed by atoms with E-state index in [0.29, 0.717) is 25.8 Å². The summed E-state index contributed by atoms with van der Waals surface area (Å²) in [5, 5.41) is 8.54. The molecule has 2 amide bonds. The van der Waals surface area contributed by atoms with Crippen molar-refractivity contribution in [2.24, 2.45) is 11.8 Å². The highest BCUT2D eigenvalue weighted by molar-refractivity contribution is 6.03. The van der Waals surface area contributed by atoms with Gasteiger partial charge in [0.15, 0.2) is 0 Å². The van der Waals surface area contributed by atoms with E-state index >= 15 is 0 Å². The molecule has 0 bridgehead atoms. The lowest BCUT2D eigenvalue weighted by molar-refractivity contribution is -0.140. The molecule has 1 N–H and O–H groups in total. The molecule has 96 valence electrons. The summed E-state index contributed by atoms with van der Waals surface area (Å²) in [6, 6.07) is 0. The summed E-state index contributed by atoms with van der Waals surface area (Å²) in [5.41, 5.74) is 0. The Kier molecular flexibility index (Phi) is 4.66. The van der Waals surface area contributed by atoms with Crippen LogP contribution in [0.4, 0.5) is 0 Å². The van der Waals surface area contributed by atoms with Crippen LogP contribution in [0.25, 0.3) is 0 Å². The standard InChI is InChI=1S/C12H19NO4/c1-8(3-4-11(15)16)5-6-13-10(14)7-9(2)12(13)17/h8-9H,3-7H2,1-2H3,(H,15,16). The number of imide groups is 1. The summed E-state index contributed by atoms with van der Waals surface area (Å²) in [7, 11) is 0. The molecule has 0 aliphatic carbocycles. The predicted molar refractivity (Wildman–Crippen MR) is 61.2 cm³/mol. The van der Waals surface area contributed by atoms with Gasteiger partial charge in [-0.2, -0.15) is 0 Å². The summed E-state index contributed by atoms with van der Waals surface area (Å²) in [5.74, 6) is -0.994. The Hall–Kier alpha value is -1.39. The van der Waals surface area contributed by atoms with Gasteiger partial charge in [-0.15, -0.1) is 0 Å². The highest BCUT2D eigenvalue weighted by Crippen LogP contribution is 2.20. The summed E-state index contributed by atoms with van der Waals surface area (Å²) in [6.45, 7) is 4.12. The average molecular weight is 241 g/mol. The Labute approximate surface area is 101 Å². The number of carbonyl (C=O) groups is 3. The third-order valence-corrected chi connectivity index (χ3v) is 3.17. The largest absolute Gasteiger partial charge is 0.481 e. The van der Waals surface area contributed by atoms with Crippen molar-refractivity contribution in [2.45, 2.75) is 39.5 Å². The molecule has 2 atom stereocenters. The normalized spacial score (nSPS) is 22.0. The molecule has 2 unspecified atom stereocenters. The van der Waals surface area contributed by atoms with Gasteiger partial charge in [0, 0.05) is 25.3 Å². The van der Waals surface area contributed by atoms with Gasteiger partial charge in [0.2, 0.25) is 11.8 Å². The highest BCUT2D eigenvalue weighted by Gasteiger charge is 2.35. The molecular weight excluding hydrogens is 222 g/mol. The van der Waals surface area contributed by atoms with E-state index in [-0.39, 0.29) is 30.1 Å². The van der Waals surface area contributed by atoms with Crippen molar-refractivity contribution in [3.05, 3.63) is 0 Å². The number of carboxylic acids is 1. The third kappa shape index (κ3) is 3.84. The fourth-order valence-corrected chi connectivity index (χ4v) is 1.95. The Morgan fingerprint density at radius 3 is 2.59 bits per heavy atom. The minimum atomic E-state index is -0.807. The lowest BCUT2D eigenvalue weighted by Crippen LogP contribution is -2.32. The van der Waals surface area contributed by atoms with Crippen molar-refractivity contribution in [3.8, 4) is 0 Å². The molecule has 1 rings (SSSR count). The van der Waals surface area contributed by atoms with Crippen LogP contribution in [-0.4, -0.2) is 34.3 Å². The summed E-state index contributed by atoms with van der Waals surface area (Å²) < 4.78 is 0. The minimum Gasteiger partial charge on any atom is -0.481 e. The first-order chi connectivity index (χ1) is 7.91. The van der Waals surface area contributed by atoms with Gasteiger partial charge < -0.3 is 5.11 Å². The summed E-state index contributed by atoms with van der Waals surface area (Å²) >= 11 is 0. The second-order valence-electron chi connectivity index (χ2n) is 4.82. The second kappa shape index (κ2) is 5.80. The number of likely N-dealkylation sites (tertiary alicyclic amines) is 1. The van der Waals surface area contributed by atoms with Gasteiger partial charge in [0.25, 0.3) is 0 Å². The average Bonchev–Trinajstić information content (AvgIpc) is 2.48. The molecule has 0 aromatic rings. The first-order valence-corrected chi connectivity index (χ1v) is 5.97. The fourth-order valence-electron chi connectivity index (χ4n) is 1.95. The zero-order valence-electron chi connectivity index (χ0n) is 10.3. The second-order valence-corrected chi connectivity index (χ2v) is 4.82. The molecule has 0 saturated carbocycles. The number of carbonyl (C=O) groups excluding carboxylic acids is 2. The third-order valence-electron chi connectivity index (χ3n) is 3.17. The molecule has 1 aliphatic rings. The molecule has 0 aromatic heterocycles. The number of rotatable bonds is 6. The lowest BCUT2D eigenvalue weighted by atomic mass is 10.0. The van der Waals surface area contributed by atoms with Crippen LogP contribution in [0.1, 0.15) is 39.5 Å². The van der Waals surface area contributed by atoms with E-state index in [2.05, 4.69) is 0 Å². The molecule has 5 nitrogen and oxygen atoms in total. The van der Waals surface area contributed by atoms with Crippen molar-refractivity contribution in [1.29, 1.82) is 0 Å². The molecule has 17 heavy (non-hydrogen) atoms. The van der Waals surface area contributed by atoms with Crippen LogP contribution in [0.3, 0.4) is 0 Å². The van der Waals surface area contributed by atoms with E-state index in [1.807, 2.05) is 6.92 Å². The Morgan fingerprint density at radius 1 is 1.47 bits per heavy atom. The maximum atomic E-state index is 11.6. The quantitative estimate of drug-likeness (QED) is 0.711. The predicted octanol–water partition coefficient (Wildman–Crippen LogP) is 1.27. The van der Waals surface area contributed by atoms with Crippen molar-refractivity contribution < 1.29 is 19.5 Å². The Morgan fingerprint density at radius 2 is 2.12 bits per heavy atom. The molecule has 1 heterocycles. The smallest absolute Gasteiger partial charge is 0.303 e. The van der Waals surface area contributed by atoms with Crippen LogP contribution in [-0.2, 0) is 14.4 Å². The van der Waals surface area contributed by atoms with E-state index in [0.717, 1.165) is 0 Å². The summed E-state index contributed by atoms with van der Waals surface area (Å²) in [4.78, 5) is 34.8. The van der Waals surface area contributed by atoms with Crippen LogP contribution < -0.4 is 0 Å². The van der Waals surface area contributed by atoms with Crippen LogP contribution in [0.2, 0.25) is 0 Å². The maximum absolute atomic E-state index is 11.6. The van der Waals surface area contributed by atoms with Gasteiger partial charge in [0.05, 0.1) is 0 Å². The first kappa shape index (κ1) is 13.7. The lowest BCUT2D eigenvalue weighted by Gasteiger charge is -2.17. The van der Waals surface area contributed by atoms with E-state index in [1.54, 1.807) is 6.92 Å². The van der Waals surface area contributed by atoms with Gasteiger partial charge in [-0.3, -0.25) is 19.3 Å². The molecule has 1 aliphatic heterocycles. The molecule has 5 heteroatoms. The fraction of sp³-hybridized carbons (Fsp3) is 0.750. The molecule has 1 fully saturated rings. The van der Waals surface area contributed by atoms with Gasteiger partial charge in [-0.1, -0.05) is 13.8 Å². The van der Waals surface area contributed by atoms with E-state index in [4.69, 9.17) is 5.11 Å². The number of hydrogen-bond donors (Lipinski definition) is 1. The Bertz CT molecular complexity index is 326. The molecule has 0 spiro atoms. The van der Waals surface area contributed by atoms with Crippen LogP contribution in [0.15, 0.2) is 0 Å². The van der Waals surface area contributed by atoms with Crippen molar-refractivity contribution in [2.75, 3.05) is 6.54 Å². The Balaban J connectivity index is 2.33. The van der Waals surface area contributed by atoms with Gasteiger partial charge in [-0.25, -0.2) is 0 Å². The minimum absolute atomic E-state index is 0.0968. The maximum Gasteiger partial charge on any atom is 0.303 e. The van der Waals surface area contributed by atoms with E-state index < -0.39 is 5.97 Å². The van der Waals surface area contributed by atoms with Crippen LogP contribution in [0.5, 0.6) is 0 Å². The van der Waals surface area contributed by atoms with E-state index in [1.165, 1.54) is 4.90 Å². The zero-order chi connectivity index (χ0) is 13.0. The molecule has 0 radical (unpaired) electrons. The SMILES string of the molecule is CC(CCC(=O)O)CCN1C(=O)CC(C)C1=O. The number of carboxylic acid groups (broad SMARTS) is 1. The van der Waals surface area contributed by atoms with Crippen molar-refractivity contribution in [3.63, 3.8) is 0 Å². The molecule has 0 aromatic carbocycles. The number of hydrogen-bond acceptors (Lipinski definition) is 3. The number of amides is 2. The molecular formula is C12H19NO4.